The summed E-state index contributed by atoms with van der Waals surface area (Å²) in [5, 5.41) is 2.84. The van der Waals surface area contributed by atoms with Crippen molar-refractivity contribution in [1.29, 1.82) is 0 Å². The zero-order valence-electron chi connectivity index (χ0n) is 15.3. The third-order valence-corrected chi connectivity index (χ3v) is 5.19. The maximum atomic E-state index is 12.3. The lowest BCUT2D eigenvalue weighted by Gasteiger charge is -2.16. The number of benzene rings is 2. The summed E-state index contributed by atoms with van der Waals surface area (Å²) in [5.41, 5.74) is 1.02. The molecular formula is C21H23NO4S. The Kier molecular flexibility index (Phi) is 6.76. The van der Waals surface area contributed by atoms with Crippen LogP contribution in [0.2, 0.25) is 0 Å². The number of hydrogen-bond acceptors (Lipinski definition) is 5. The molecule has 1 heterocycles. The lowest BCUT2D eigenvalue weighted by Crippen LogP contribution is -2.42. The summed E-state index contributed by atoms with van der Waals surface area (Å²) < 4.78 is 11.3. The molecule has 0 aromatic heterocycles. The third-order valence-electron chi connectivity index (χ3n) is 4.20. The average Bonchev–Trinajstić information content (AvgIpc) is 2.91. The number of fused-ring (bicyclic) bond motifs is 1. The highest BCUT2D eigenvalue weighted by atomic mass is 32.2. The number of amides is 1. The summed E-state index contributed by atoms with van der Waals surface area (Å²) in [7, 11) is 0. The second-order valence-corrected chi connectivity index (χ2v) is 7.42. The largest absolute Gasteiger partial charge is 0.490 e. The van der Waals surface area contributed by atoms with Crippen LogP contribution in [0.3, 0.4) is 0 Å². The maximum Gasteiger partial charge on any atom is 0.230 e. The van der Waals surface area contributed by atoms with Crippen LogP contribution in [0.15, 0.2) is 53.4 Å². The molecule has 2 aromatic rings. The number of ketones is 1. The van der Waals surface area contributed by atoms with Gasteiger partial charge in [-0.25, -0.2) is 0 Å². The van der Waals surface area contributed by atoms with E-state index in [4.69, 9.17) is 9.47 Å². The fourth-order valence-electron chi connectivity index (χ4n) is 2.76. The van der Waals surface area contributed by atoms with Crippen LogP contribution in [0.4, 0.5) is 0 Å². The Morgan fingerprint density at radius 1 is 1.07 bits per heavy atom. The van der Waals surface area contributed by atoms with Crippen molar-refractivity contribution < 1.29 is 19.1 Å². The summed E-state index contributed by atoms with van der Waals surface area (Å²) in [6.07, 6.45) is 1.35. The lowest BCUT2D eigenvalue weighted by atomic mass is 10.0. The molecule has 1 atom stereocenters. The predicted octanol–water partition coefficient (Wildman–Crippen LogP) is 3.26. The number of Topliss-reactive ketones (excluding diaryl/α,β-unsaturated/α-hetero) is 1. The second-order valence-electron chi connectivity index (χ2n) is 6.37. The highest BCUT2D eigenvalue weighted by Gasteiger charge is 2.18. The molecule has 27 heavy (non-hydrogen) atoms. The molecule has 3 rings (SSSR count). The average molecular weight is 385 g/mol. The first kappa shape index (κ1) is 19.3. The molecule has 1 amide bonds. The SMILES string of the molecule is CC(=O)[C@@H](Cc1ccccc1)NC(=O)CSc1ccc2c(c1)OCCCO2. The molecule has 0 fully saturated rings. The van der Waals surface area contributed by atoms with Crippen molar-refractivity contribution in [3.63, 3.8) is 0 Å². The van der Waals surface area contributed by atoms with Gasteiger partial charge in [-0.15, -0.1) is 11.8 Å². The minimum absolute atomic E-state index is 0.0483. The van der Waals surface area contributed by atoms with E-state index in [-0.39, 0.29) is 17.4 Å². The van der Waals surface area contributed by atoms with E-state index < -0.39 is 6.04 Å². The zero-order valence-corrected chi connectivity index (χ0v) is 16.1. The summed E-state index contributed by atoms with van der Waals surface area (Å²) in [4.78, 5) is 25.2. The van der Waals surface area contributed by atoms with Gasteiger partial charge in [0.1, 0.15) is 0 Å². The summed E-state index contributed by atoms with van der Waals surface area (Å²) in [5.74, 6) is 1.47. The predicted molar refractivity (Wildman–Crippen MR) is 106 cm³/mol. The fraction of sp³-hybridized carbons (Fsp3) is 0.333. The number of carbonyl (C=O) groups is 2. The Balaban J connectivity index is 1.55. The molecule has 0 aliphatic carbocycles. The lowest BCUT2D eigenvalue weighted by molar-refractivity contribution is -0.125. The molecule has 6 heteroatoms. The van der Waals surface area contributed by atoms with Crippen molar-refractivity contribution in [2.45, 2.75) is 30.7 Å². The Morgan fingerprint density at radius 3 is 2.56 bits per heavy atom. The molecule has 142 valence electrons. The van der Waals surface area contributed by atoms with Crippen molar-refractivity contribution in [2.75, 3.05) is 19.0 Å². The number of nitrogens with one attached hydrogen (secondary N) is 1. The molecular weight excluding hydrogens is 362 g/mol. The smallest absolute Gasteiger partial charge is 0.230 e. The van der Waals surface area contributed by atoms with Gasteiger partial charge in [-0.05, 0) is 37.1 Å². The van der Waals surface area contributed by atoms with Gasteiger partial charge in [-0.2, -0.15) is 0 Å². The molecule has 0 radical (unpaired) electrons. The van der Waals surface area contributed by atoms with E-state index in [1.807, 2.05) is 48.5 Å². The van der Waals surface area contributed by atoms with E-state index in [1.54, 1.807) is 0 Å². The highest BCUT2D eigenvalue weighted by Crippen LogP contribution is 2.33. The minimum Gasteiger partial charge on any atom is -0.490 e. The van der Waals surface area contributed by atoms with Crippen LogP contribution < -0.4 is 14.8 Å². The number of ether oxygens (including phenoxy) is 2. The van der Waals surface area contributed by atoms with Crippen molar-refractivity contribution in [2.24, 2.45) is 0 Å². The minimum atomic E-state index is -0.510. The van der Waals surface area contributed by atoms with Crippen molar-refractivity contribution >= 4 is 23.5 Å². The quantitative estimate of drug-likeness (QED) is 0.741. The van der Waals surface area contributed by atoms with Gasteiger partial charge in [0.15, 0.2) is 17.3 Å². The van der Waals surface area contributed by atoms with Gasteiger partial charge in [0, 0.05) is 11.3 Å². The molecule has 0 spiro atoms. The molecule has 5 nitrogen and oxygen atoms in total. The molecule has 0 saturated carbocycles. The van der Waals surface area contributed by atoms with Crippen molar-refractivity contribution in [1.82, 2.24) is 5.32 Å². The number of thioether (sulfide) groups is 1. The van der Waals surface area contributed by atoms with Crippen LogP contribution >= 0.6 is 11.8 Å². The van der Waals surface area contributed by atoms with Gasteiger partial charge in [-0.1, -0.05) is 30.3 Å². The second kappa shape index (κ2) is 9.46. The van der Waals surface area contributed by atoms with E-state index in [0.29, 0.717) is 25.4 Å². The topological polar surface area (TPSA) is 64.6 Å². The third kappa shape index (κ3) is 5.76. The van der Waals surface area contributed by atoms with E-state index in [2.05, 4.69) is 5.32 Å². The maximum absolute atomic E-state index is 12.3. The summed E-state index contributed by atoms with van der Waals surface area (Å²) >= 11 is 1.41. The summed E-state index contributed by atoms with van der Waals surface area (Å²) in [6.45, 7) is 2.78. The van der Waals surface area contributed by atoms with Gasteiger partial charge in [0.05, 0.1) is 25.0 Å². The standard InChI is InChI=1S/C21H23NO4S/c1-15(23)18(12-16-6-3-2-4-7-16)22-21(24)14-27-17-8-9-19-20(13-17)26-11-5-10-25-19/h2-4,6-9,13,18H,5,10-12,14H2,1H3,(H,22,24)/t18-/m1/s1. The monoisotopic (exact) mass is 385 g/mol. The first-order valence-corrected chi connectivity index (χ1v) is 9.96. The van der Waals surface area contributed by atoms with Crippen molar-refractivity contribution in [3.8, 4) is 11.5 Å². The van der Waals surface area contributed by atoms with Gasteiger partial charge < -0.3 is 14.8 Å². The number of rotatable bonds is 7. The van der Waals surface area contributed by atoms with Gasteiger partial charge in [-0.3, -0.25) is 9.59 Å². The van der Waals surface area contributed by atoms with Crippen LogP contribution in [-0.2, 0) is 16.0 Å². The Hall–Kier alpha value is -2.47. The van der Waals surface area contributed by atoms with Gasteiger partial charge >= 0.3 is 0 Å². The van der Waals surface area contributed by atoms with E-state index in [0.717, 1.165) is 22.6 Å². The molecule has 0 saturated heterocycles. The Bertz CT molecular complexity index is 794. The fourth-order valence-corrected chi connectivity index (χ4v) is 3.50. The van der Waals surface area contributed by atoms with Crippen LogP contribution in [0.1, 0.15) is 18.9 Å². The Morgan fingerprint density at radius 2 is 1.81 bits per heavy atom. The molecule has 1 N–H and O–H groups in total. The summed E-state index contributed by atoms with van der Waals surface area (Å²) in [6, 6.07) is 14.9. The van der Waals surface area contributed by atoms with Crippen LogP contribution in [-0.4, -0.2) is 36.7 Å². The number of hydrogen-bond donors (Lipinski definition) is 1. The molecule has 1 aliphatic heterocycles. The van der Waals surface area contributed by atoms with Gasteiger partial charge in [0.25, 0.3) is 0 Å². The van der Waals surface area contributed by atoms with E-state index >= 15 is 0 Å². The van der Waals surface area contributed by atoms with E-state index in [9.17, 15) is 9.59 Å². The van der Waals surface area contributed by atoms with Crippen molar-refractivity contribution in [3.05, 3.63) is 54.1 Å². The van der Waals surface area contributed by atoms with Crippen LogP contribution in [0, 0.1) is 0 Å². The molecule has 0 bridgehead atoms. The van der Waals surface area contributed by atoms with E-state index in [1.165, 1.54) is 18.7 Å². The molecule has 1 aliphatic rings. The van der Waals surface area contributed by atoms with Gasteiger partial charge in [0.2, 0.25) is 5.91 Å². The highest BCUT2D eigenvalue weighted by molar-refractivity contribution is 8.00. The zero-order chi connectivity index (χ0) is 19.1. The number of carbonyl (C=O) groups excluding carboxylic acids is 2. The normalized spacial score (nSPS) is 14.1. The van der Waals surface area contributed by atoms with Crippen LogP contribution in [0.5, 0.6) is 11.5 Å². The molecule has 0 unspecified atom stereocenters. The first-order valence-electron chi connectivity index (χ1n) is 8.98. The first-order chi connectivity index (χ1) is 13.1. The van der Waals surface area contributed by atoms with Crippen LogP contribution in [0.25, 0.3) is 0 Å². The Labute approximate surface area is 163 Å². The molecule has 2 aromatic carbocycles.